The van der Waals surface area contributed by atoms with Crippen LogP contribution in [0.25, 0.3) is 0 Å². The van der Waals surface area contributed by atoms with E-state index >= 15 is 0 Å². The minimum absolute atomic E-state index is 0.0219. The predicted molar refractivity (Wildman–Crippen MR) is 99.5 cm³/mol. The summed E-state index contributed by atoms with van der Waals surface area (Å²) in [6.07, 6.45) is 0.286. The molecule has 0 saturated heterocycles. The highest BCUT2D eigenvalue weighted by atomic mass is 79.9. The van der Waals surface area contributed by atoms with Crippen LogP contribution in [0.1, 0.15) is 47.4 Å². The van der Waals surface area contributed by atoms with Crippen molar-refractivity contribution in [1.82, 2.24) is 0 Å². The van der Waals surface area contributed by atoms with E-state index in [1.807, 2.05) is 6.92 Å². The smallest absolute Gasteiger partial charge is 0.342 e. The highest BCUT2D eigenvalue weighted by Crippen LogP contribution is 2.42. The minimum Gasteiger partial charge on any atom is -0.462 e. The number of aliphatic hydroxyl groups is 1. The first-order valence-corrected chi connectivity index (χ1v) is 9.81. The largest absolute Gasteiger partial charge is 0.462 e. The third-order valence-corrected chi connectivity index (χ3v) is 7.45. The van der Waals surface area contributed by atoms with E-state index in [2.05, 4.69) is 63.7 Å². The van der Waals surface area contributed by atoms with E-state index in [1.54, 1.807) is 0 Å². The van der Waals surface area contributed by atoms with Gasteiger partial charge in [-0.2, -0.15) is 0 Å². The summed E-state index contributed by atoms with van der Waals surface area (Å²) in [6, 6.07) is 0. The maximum atomic E-state index is 12.4. The van der Waals surface area contributed by atoms with Crippen LogP contribution in [-0.4, -0.2) is 29.9 Å². The molecule has 0 aliphatic rings. The van der Waals surface area contributed by atoms with Crippen LogP contribution in [0.4, 0.5) is 0 Å². The molecule has 0 aromatic heterocycles. The number of hydrogen-bond donors (Lipinski definition) is 1. The molecule has 1 aromatic carbocycles. The molecule has 0 amide bonds. The van der Waals surface area contributed by atoms with Crippen LogP contribution in [0, 0.1) is 0 Å². The van der Waals surface area contributed by atoms with E-state index in [-0.39, 0.29) is 17.7 Å². The van der Waals surface area contributed by atoms with Gasteiger partial charge in [0.05, 0.1) is 17.7 Å². The molecule has 0 aliphatic heterocycles. The molecule has 1 aromatic rings. The van der Waals surface area contributed by atoms with Crippen LogP contribution in [0.15, 0.2) is 17.9 Å². The van der Waals surface area contributed by atoms with Gasteiger partial charge in [-0.1, -0.05) is 13.3 Å². The van der Waals surface area contributed by atoms with Crippen LogP contribution >= 0.6 is 63.7 Å². The number of carbonyl (C=O) groups excluding carboxylic acids is 2. The molecular formula is C14H14Br4O5. The Balaban J connectivity index is 3.41. The standard InChI is InChI=1S/C14H14Br4O5/c1-3-4-5-22-13(20)7-8(14(21)23-6(2)19)10(16)12(18)11(17)9(7)15/h6,19H,3-5H2,1-2H3. The lowest BCUT2D eigenvalue weighted by molar-refractivity contribution is -0.0525. The molecule has 5 nitrogen and oxygen atoms in total. The van der Waals surface area contributed by atoms with Crippen molar-refractivity contribution in [3.63, 3.8) is 0 Å². The molecule has 1 unspecified atom stereocenters. The molecule has 1 atom stereocenters. The van der Waals surface area contributed by atoms with Gasteiger partial charge in [0.15, 0.2) is 6.29 Å². The first-order chi connectivity index (χ1) is 10.7. The van der Waals surface area contributed by atoms with Crippen molar-refractivity contribution in [2.45, 2.75) is 33.0 Å². The van der Waals surface area contributed by atoms with Gasteiger partial charge in [-0.15, -0.1) is 0 Å². The molecule has 9 heteroatoms. The van der Waals surface area contributed by atoms with E-state index < -0.39 is 18.2 Å². The van der Waals surface area contributed by atoms with Gasteiger partial charge in [-0.3, -0.25) is 0 Å². The Kier molecular flexibility index (Phi) is 8.71. The fourth-order valence-electron chi connectivity index (χ4n) is 1.61. The molecule has 128 valence electrons. The Bertz CT molecular complexity index is 616. The third-order valence-electron chi connectivity index (χ3n) is 2.68. The zero-order chi connectivity index (χ0) is 17.7. The Morgan fingerprint density at radius 2 is 1.48 bits per heavy atom. The van der Waals surface area contributed by atoms with Crippen LogP contribution in [-0.2, 0) is 9.47 Å². The Hall–Kier alpha value is 0.0400. The van der Waals surface area contributed by atoms with Crippen molar-refractivity contribution in [1.29, 1.82) is 0 Å². The predicted octanol–water partition coefficient (Wildman–Crippen LogP) is 5.19. The number of carbonyl (C=O) groups is 2. The fraction of sp³-hybridized carbons (Fsp3) is 0.429. The number of halogens is 4. The number of aliphatic hydroxyl groups excluding tert-OH is 1. The summed E-state index contributed by atoms with van der Waals surface area (Å²) in [5.41, 5.74) is -0.0111. The van der Waals surface area contributed by atoms with E-state index in [1.165, 1.54) is 6.92 Å². The first-order valence-electron chi connectivity index (χ1n) is 6.64. The van der Waals surface area contributed by atoms with E-state index in [9.17, 15) is 14.7 Å². The Labute approximate surface area is 167 Å². The zero-order valence-electron chi connectivity index (χ0n) is 12.3. The summed E-state index contributed by atoms with van der Waals surface area (Å²) in [5, 5.41) is 9.26. The lowest BCUT2D eigenvalue weighted by Crippen LogP contribution is -2.20. The van der Waals surface area contributed by atoms with E-state index in [0.717, 1.165) is 12.8 Å². The lowest BCUT2D eigenvalue weighted by atomic mass is 10.1. The number of rotatable bonds is 6. The summed E-state index contributed by atoms with van der Waals surface area (Å²) in [5.74, 6) is -1.50. The molecule has 0 saturated carbocycles. The molecule has 0 aliphatic carbocycles. The maximum Gasteiger partial charge on any atom is 0.342 e. The van der Waals surface area contributed by atoms with E-state index in [0.29, 0.717) is 17.9 Å². The SMILES string of the molecule is CCCCOC(=O)c1c(Br)c(Br)c(Br)c(Br)c1C(=O)OC(C)O. The molecule has 0 radical (unpaired) electrons. The van der Waals surface area contributed by atoms with Gasteiger partial charge in [-0.25, -0.2) is 9.59 Å². The summed E-state index contributed by atoms with van der Waals surface area (Å²) in [4.78, 5) is 24.7. The Morgan fingerprint density at radius 3 is 1.91 bits per heavy atom. The van der Waals surface area contributed by atoms with Gasteiger partial charge >= 0.3 is 11.9 Å². The van der Waals surface area contributed by atoms with Crippen molar-refractivity contribution >= 4 is 75.7 Å². The highest BCUT2D eigenvalue weighted by Gasteiger charge is 2.30. The Morgan fingerprint density at radius 1 is 1.00 bits per heavy atom. The number of unbranched alkanes of at least 4 members (excludes halogenated alkanes) is 1. The average Bonchev–Trinajstić information content (AvgIpc) is 2.47. The van der Waals surface area contributed by atoms with Crippen molar-refractivity contribution in [3.8, 4) is 0 Å². The molecule has 1 N–H and O–H groups in total. The quantitative estimate of drug-likeness (QED) is 0.165. The number of ether oxygens (including phenoxy) is 2. The number of benzene rings is 1. The summed E-state index contributed by atoms with van der Waals surface area (Å²) >= 11 is 13.2. The number of hydrogen-bond acceptors (Lipinski definition) is 5. The van der Waals surface area contributed by atoms with Crippen molar-refractivity contribution in [2.75, 3.05) is 6.61 Å². The van der Waals surface area contributed by atoms with Gasteiger partial charge in [0.25, 0.3) is 0 Å². The second-order valence-electron chi connectivity index (χ2n) is 4.50. The molecule has 0 heterocycles. The van der Waals surface area contributed by atoms with Crippen LogP contribution in [0.3, 0.4) is 0 Å². The molecule has 23 heavy (non-hydrogen) atoms. The van der Waals surface area contributed by atoms with E-state index in [4.69, 9.17) is 9.47 Å². The first kappa shape index (κ1) is 21.1. The third kappa shape index (κ3) is 5.26. The molecule has 0 fully saturated rings. The molecule has 1 rings (SSSR count). The topological polar surface area (TPSA) is 72.8 Å². The minimum atomic E-state index is -1.31. The average molecular weight is 582 g/mol. The normalized spacial score (nSPS) is 12.0. The van der Waals surface area contributed by atoms with Gasteiger partial charge in [0, 0.05) is 17.9 Å². The highest BCUT2D eigenvalue weighted by molar-refractivity contribution is 9.15. The summed E-state index contributed by atoms with van der Waals surface area (Å²) in [7, 11) is 0. The van der Waals surface area contributed by atoms with Crippen LogP contribution < -0.4 is 0 Å². The number of esters is 2. The van der Waals surface area contributed by atoms with Crippen molar-refractivity contribution < 1.29 is 24.2 Å². The monoisotopic (exact) mass is 578 g/mol. The summed E-state index contributed by atoms with van der Waals surface area (Å²) < 4.78 is 11.7. The van der Waals surface area contributed by atoms with Crippen LogP contribution in [0.5, 0.6) is 0 Å². The molecule has 0 bridgehead atoms. The summed E-state index contributed by atoms with van der Waals surface area (Å²) in [6.45, 7) is 3.52. The van der Waals surface area contributed by atoms with Crippen LogP contribution in [0.2, 0.25) is 0 Å². The lowest BCUT2D eigenvalue weighted by Gasteiger charge is -2.16. The zero-order valence-corrected chi connectivity index (χ0v) is 18.6. The second-order valence-corrected chi connectivity index (χ2v) is 7.67. The maximum absolute atomic E-state index is 12.4. The fourth-order valence-corrected chi connectivity index (χ4v) is 4.05. The van der Waals surface area contributed by atoms with Gasteiger partial charge < -0.3 is 14.6 Å². The van der Waals surface area contributed by atoms with Crippen molar-refractivity contribution in [2.24, 2.45) is 0 Å². The molecular weight excluding hydrogens is 568 g/mol. The molecule has 0 spiro atoms. The second kappa shape index (κ2) is 9.50. The van der Waals surface area contributed by atoms with Gasteiger partial charge in [0.1, 0.15) is 0 Å². The van der Waals surface area contributed by atoms with Gasteiger partial charge in [0.2, 0.25) is 0 Å². The van der Waals surface area contributed by atoms with Gasteiger partial charge in [-0.05, 0) is 77.1 Å². The van der Waals surface area contributed by atoms with Crippen molar-refractivity contribution in [3.05, 3.63) is 29.0 Å².